The fourth-order valence-electron chi connectivity index (χ4n) is 0.656. The Morgan fingerprint density at radius 3 is 2.50 bits per heavy atom. The summed E-state index contributed by atoms with van der Waals surface area (Å²) >= 11 is 0. The number of hydrogen-bond donors (Lipinski definition) is 1. The number of carbonyl (C=O) groups excluding carboxylic acids is 1. The maximum Gasteiger partial charge on any atom is 0.322 e. The summed E-state index contributed by atoms with van der Waals surface area (Å²) in [5, 5.41) is 0. The molecule has 0 aromatic heterocycles. The first-order valence-electron chi connectivity index (χ1n) is 4.10. The summed E-state index contributed by atoms with van der Waals surface area (Å²) in [6, 6.07) is -0.489. The van der Waals surface area contributed by atoms with Gasteiger partial charge in [0.15, 0.2) is 0 Å². The predicted octanol–water partition coefficient (Wildman–Crippen LogP) is 1.49. The molecule has 0 spiro atoms. The Balaban J connectivity index is 0. The Morgan fingerprint density at radius 2 is 2.08 bits per heavy atom. The topological polar surface area (TPSA) is 52.3 Å². The average Bonchev–Trinajstić information content (AvgIpc) is 1.97. The number of carbonyl (C=O) groups is 1. The lowest BCUT2D eigenvalue weighted by Crippen LogP contribution is -2.28. The Bertz CT molecular complexity index is 118. The summed E-state index contributed by atoms with van der Waals surface area (Å²) < 4.78 is 4.84. The van der Waals surface area contributed by atoms with Crippen LogP contribution in [0.15, 0.2) is 0 Å². The normalized spacial score (nSPS) is 11.6. The molecule has 74 valence electrons. The van der Waals surface area contributed by atoms with Crippen molar-refractivity contribution in [3.05, 3.63) is 0 Å². The lowest BCUT2D eigenvalue weighted by molar-refractivity contribution is -0.144. The second-order valence-corrected chi connectivity index (χ2v) is 2.66. The predicted molar refractivity (Wildman–Crippen MR) is 51.4 cm³/mol. The second kappa shape index (κ2) is 8.81. The standard InChI is InChI=1S/C8H17NO2.ClH/c1-3-4-5-6-11-8(10)7(2)9;/h7H,3-6,9H2,1-2H3;1H. The summed E-state index contributed by atoms with van der Waals surface area (Å²) in [5.41, 5.74) is 5.28. The molecule has 4 heteroatoms. The largest absolute Gasteiger partial charge is 0.465 e. The minimum Gasteiger partial charge on any atom is -0.465 e. The van der Waals surface area contributed by atoms with E-state index in [1.807, 2.05) is 0 Å². The summed E-state index contributed by atoms with van der Waals surface area (Å²) in [6.07, 6.45) is 3.18. The van der Waals surface area contributed by atoms with Gasteiger partial charge in [-0.25, -0.2) is 0 Å². The number of rotatable bonds is 5. The first kappa shape index (κ1) is 14.3. The summed E-state index contributed by atoms with van der Waals surface area (Å²) in [4.78, 5) is 10.8. The number of halogens is 1. The zero-order valence-electron chi connectivity index (χ0n) is 7.71. The minimum atomic E-state index is -0.489. The van der Waals surface area contributed by atoms with Gasteiger partial charge < -0.3 is 10.5 Å². The molecule has 2 N–H and O–H groups in total. The first-order chi connectivity index (χ1) is 5.18. The minimum absolute atomic E-state index is 0. The van der Waals surface area contributed by atoms with E-state index in [0.29, 0.717) is 6.61 Å². The zero-order valence-corrected chi connectivity index (χ0v) is 8.52. The van der Waals surface area contributed by atoms with E-state index in [9.17, 15) is 4.79 Å². The molecule has 12 heavy (non-hydrogen) atoms. The highest BCUT2D eigenvalue weighted by atomic mass is 35.5. The van der Waals surface area contributed by atoms with E-state index in [1.54, 1.807) is 6.92 Å². The monoisotopic (exact) mass is 195 g/mol. The van der Waals surface area contributed by atoms with Gasteiger partial charge in [-0.1, -0.05) is 19.8 Å². The molecule has 0 bridgehead atoms. The third-order valence-corrected chi connectivity index (χ3v) is 1.36. The lowest BCUT2D eigenvalue weighted by atomic mass is 10.3. The van der Waals surface area contributed by atoms with Gasteiger partial charge in [0.1, 0.15) is 6.04 Å². The van der Waals surface area contributed by atoms with Gasteiger partial charge >= 0.3 is 5.97 Å². The molecule has 1 atom stereocenters. The van der Waals surface area contributed by atoms with E-state index in [2.05, 4.69) is 6.92 Å². The quantitative estimate of drug-likeness (QED) is 0.534. The molecular weight excluding hydrogens is 178 g/mol. The van der Waals surface area contributed by atoms with E-state index in [4.69, 9.17) is 10.5 Å². The van der Waals surface area contributed by atoms with Gasteiger partial charge in [-0.2, -0.15) is 0 Å². The SMILES string of the molecule is CCCCCOC(=O)C(C)N.Cl. The van der Waals surface area contributed by atoms with Crippen LogP contribution >= 0.6 is 12.4 Å². The van der Waals surface area contributed by atoms with Gasteiger partial charge in [0, 0.05) is 0 Å². The Morgan fingerprint density at radius 1 is 1.50 bits per heavy atom. The maximum absolute atomic E-state index is 10.8. The van der Waals surface area contributed by atoms with Crippen molar-refractivity contribution in [3.8, 4) is 0 Å². The van der Waals surface area contributed by atoms with Crippen molar-refractivity contribution in [3.63, 3.8) is 0 Å². The average molecular weight is 196 g/mol. The number of nitrogens with two attached hydrogens (primary N) is 1. The fourth-order valence-corrected chi connectivity index (χ4v) is 0.656. The van der Waals surface area contributed by atoms with Crippen molar-refractivity contribution in [1.82, 2.24) is 0 Å². The van der Waals surface area contributed by atoms with E-state index >= 15 is 0 Å². The molecule has 3 nitrogen and oxygen atoms in total. The molecule has 0 saturated carbocycles. The van der Waals surface area contributed by atoms with Crippen molar-refractivity contribution in [2.75, 3.05) is 6.61 Å². The van der Waals surface area contributed by atoms with Crippen molar-refractivity contribution in [2.24, 2.45) is 5.73 Å². The van der Waals surface area contributed by atoms with Crippen LogP contribution in [0.4, 0.5) is 0 Å². The summed E-state index contributed by atoms with van der Waals surface area (Å²) in [6.45, 7) is 4.24. The molecule has 0 aliphatic carbocycles. The molecule has 0 heterocycles. The number of ether oxygens (including phenoxy) is 1. The van der Waals surface area contributed by atoms with E-state index in [0.717, 1.165) is 19.3 Å². The highest BCUT2D eigenvalue weighted by Gasteiger charge is 2.06. The molecule has 0 aliphatic rings. The first-order valence-corrected chi connectivity index (χ1v) is 4.10. The second-order valence-electron chi connectivity index (χ2n) is 2.66. The highest BCUT2D eigenvalue weighted by molar-refractivity contribution is 5.85. The molecule has 0 rings (SSSR count). The Labute approximate surface area is 80.1 Å². The Hall–Kier alpha value is -0.280. The Kier molecular flexibility index (Phi) is 10.5. The molecule has 0 aromatic rings. The van der Waals surface area contributed by atoms with E-state index < -0.39 is 6.04 Å². The van der Waals surface area contributed by atoms with Gasteiger partial charge in [-0.3, -0.25) is 4.79 Å². The van der Waals surface area contributed by atoms with Crippen molar-refractivity contribution in [1.29, 1.82) is 0 Å². The van der Waals surface area contributed by atoms with Gasteiger partial charge in [0.05, 0.1) is 6.61 Å². The smallest absolute Gasteiger partial charge is 0.322 e. The third kappa shape index (κ3) is 7.82. The molecule has 0 saturated heterocycles. The molecule has 0 radical (unpaired) electrons. The number of unbranched alkanes of at least 4 members (excludes halogenated alkanes) is 2. The van der Waals surface area contributed by atoms with Crippen LogP contribution in [-0.2, 0) is 9.53 Å². The molecule has 0 aliphatic heterocycles. The van der Waals surface area contributed by atoms with Crippen molar-refractivity contribution < 1.29 is 9.53 Å². The van der Waals surface area contributed by atoms with Crippen LogP contribution in [0.1, 0.15) is 33.1 Å². The number of esters is 1. The lowest BCUT2D eigenvalue weighted by Gasteiger charge is -2.05. The number of hydrogen-bond acceptors (Lipinski definition) is 3. The van der Waals surface area contributed by atoms with Crippen molar-refractivity contribution >= 4 is 18.4 Å². The molecule has 0 fully saturated rings. The van der Waals surface area contributed by atoms with Crippen LogP contribution in [0.3, 0.4) is 0 Å². The maximum atomic E-state index is 10.8. The van der Waals surface area contributed by atoms with Crippen LogP contribution in [0.5, 0.6) is 0 Å². The highest BCUT2D eigenvalue weighted by Crippen LogP contribution is 1.94. The summed E-state index contributed by atoms with van der Waals surface area (Å²) in [7, 11) is 0. The van der Waals surface area contributed by atoms with Crippen LogP contribution < -0.4 is 5.73 Å². The molecule has 0 aromatic carbocycles. The van der Waals surface area contributed by atoms with Crippen LogP contribution in [0.25, 0.3) is 0 Å². The zero-order chi connectivity index (χ0) is 8.69. The fraction of sp³-hybridized carbons (Fsp3) is 0.875. The van der Waals surface area contributed by atoms with Crippen LogP contribution in [-0.4, -0.2) is 18.6 Å². The molecule has 0 amide bonds. The van der Waals surface area contributed by atoms with E-state index in [-0.39, 0.29) is 18.4 Å². The molecular formula is C8H18ClNO2. The van der Waals surface area contributed by atoms with Crippen LogP contribution in [0.2, 0.25) is 0 Å². The van der Waals surface area contributed by atoms with Gasteiger partial charge in [-0.05, 0) is 13.3 Å². The van der Waals surface area contributed by atoms with Gasteiger partial charge in [0.25, 0.3) is 0 Å². The van der Waals surface area contributed by atoms with Gasteiger partial charge in [-0.15, -0.1) is 12.4 Å². The van der Waals surface area contributed by atoms with E-state index in [1.165, 1.54) is 0 Å². The third-order valence-electron chi connectivity index (χ3n) is 1.36. The van der Waals surface area contributed by atoms with Crippen LogP contribution in [0, 0.1) is 0 Å². The molecule has 1 unspecified atom stereocenters. The van der Waals surface area contributed by atoms with Crippen molar-refractivity contribution in [2.45, 2.75) is 39.2 Å². The summed E-state index contributed by atoms with van der Waals surface area (Å²) in [5.74, 6) is -0.305. The van der Waals surface area contributed by atoms with Gasteiger partial charge in [0.2, 0.25) is 0 Å².